The first-order valence-electron chi connectivity index (χ1n) is 6.27. The van der Waals surface area contributed by atoms with Gasteiger partial charge in [0.05, 0.1) is 0 Å². The Balaban J connectivity index is 2.00. The number of esters is 2. The third-order valence-electron chi connectivity index (χ3n) is 3.17. The SMILES string of the molecule is O=C1OC(c2ccccc2)C(c2ccccc2)OC1=O. The van der Waals surface area contributed by atoms with Crippen LogP contribution in [0.25, 0.3) is 0 Å². The molecule has 1 aliphatic heterocycles. The summed E-state index contributed by atoms with van der Waals surface area (Å²) in [6.45, 7) is 0. The lowest BCUT2D eigenvalue weighted by atomic mass is 9.97. The Labute approximate surface area is 115 Å². The zero-order chi connectivity index (χ0) is 13.9. The number of benzene rings is 2. The highest BCUT2D eigenvalue weighted by atomic mass is 16.6. The predicted octanol–water partition coefficient (Wildman–Crippen LogP) is 2.57. The molecule has 0 aromatic heterocycles. The van der Waals surface area contributed by atoms with Crippen LogP contribution in [0.5, 0.6) is 0 Å². The summed E-state index contributed by atoms with van der Waals surface area (Å²) in [5.74, 6) is -1.91. The van der Waals surface area contributed by atoms with E-state index in [0.29, 0.717) is 0 Å². The van der Waals surface area contributed by atoms with E-state index in [9.17, 15) is 9.59 Å². The van der Waals surface area contributed by atoms with Gasteiger partial charge in [0.15, 0.2) is 12.2 Å². The summed E-state index contributed by atoms with van der Waals surface area (Å²) >= 11 is 0. The first-order chi connectivity index (χ1) is 9.75. The van der Waals surface area contributed by atoms with Gasteiger partial charge in [-0.1, -0.05) is 60.7 Å². The van der Waals surface area contributed by atoms with Crippen molar-refractivity contribution >= 4 is 11.9 Å². The zero-order valence-corrected chi connectivity index (χ0v) is 10.6. The van der Waals surface area contributed by atoms with E-state index in [-0.39, 0.29) is 0 Å². The van der Waals surface area contributed by atoms with Gasteiger partial charge in [-0.3, -0.25) is 0 Å². The summed E-state index contributed by atoms with van der Waals surface area (Å²) in [6, 6.07) is 18.5. The molecule has 0 N–H and O–H groups in total. The molecule has 2 aromatic rings. The summed E-state index contributed by atoms with van der Waals surface area (Å²) in [5, 5.41) is 0. The van der Waals surface area contributed by atoms with Gasteiger partial charge in [-0.25, -0.2) is 9.59 Å². The maximum atomic E-state index is 11.5. The van der Waals surface area contributed by atoms with E-state index in [1.165, 1.54) is 0 Å². The normalized spacial score (nSPS) is 22.0. The van der Waals surface area contributed by atoms with Gasteiger partial charge in [-0.05, 0) is 11.1 Å². The van der Waals surface area contributed by atoms with E-state index in [0.717, 1.165) is 11.1 Å². The molecule has 2 unspecified atom stereocenters. The standard InChI is InChI=1S/C16H12O4/c17-15-16(18)20-14(12-9-5-2-6-10-12)13(19-15)11-7-3-1-4-8-11/h1-10,13-14H. The van der Waals surface area contributed by atoms with Crippen LogP contribution in [0.3, 0.4) is 0 Å². The molecule has 0 aliphatic carbocycles. The first kappa shape index (κ1) is 12.4. The van der Waals surface area contributed by atoms with E-state index in [2.05, 4.69) is 0 Å². The summed E-state index contributed by atoms with van der Waals surface area (Å²) in [7, 11) is 0. The minimum absolute atomic E-state index is 0.621. The van der Waals surface area contributed by atoms with Crippen molar-refractivity contribution in [3.63, 3.8) is 0 Å². The summed E-state index contributed by atoms with van der Waals surface area (Å²) in [4.78, 5) is 22.9. The number of carbonyl (C=O) groups excluding carboxylic acids is 2. The number of hydrogen-bond donors (Lipinski definition) is 0. The van der Waals surface area contributed by atoms with Gasteiger partial charge in [0.2, 0.25) is 0 Å². The fourth-order valence-electron chi connectivity index (χ4n) is 2.22. The quantitative estimate of drug-likeness (QED) is 0.620. The van der Waals surface area contributed by atoms with E-state index >= 15 is 0 Å². The smallest absolute Gasteiger partial charge is 0.418 e. The monoisotopic (exact) mass is 268 g/mol. The van der Waals surface area contributed by atoms with Crippen molar-refractivity contribution in [2.75, 3.05) is 0 Å². The van der Waals surface area contributed by atoms with Crippen LogP contribution in [0.4, 0.5) is 0 Å². The molecule has 20 heavy (non-hydrogen) atoms. The van der Waals surface area contributed by atoms with Gasteiger partial charge in [0.1, 0.15) is 0 Å². The van der Waals surface area contributed by atoms with Crippen molar-refractivity contribution < 1.29 is 19.1 Å². The fourth-order valence-corrected chi connectivity index (χ4v) is 2.22. The topological polar surface area (TPSA) is 52.6 Å². The molecule has 2 atom stereocenters. The maximum absolute atomic E-state index is 11.5. The van der Waals surface area contributed by atoms with E-state index in [4.69, 9.17) is 9.47 Å². The lowest BCUT2D eigenvalue weighted by Crippen LogP contribution is -2.34. The first-order valence-corrected chi connectivity index (χ1v) is 6.27. The number of cyclic esters (lactones) is 2. The lowest BCUT2D eigenvalue weighted by Gasteiger charge is -2.30. The van der Waals surface area contributed by atoms with Crippen molar-refractivity contribution in [2.24, 2.45) is 0 Å². The number of rotatable bonds is 2. The molecule has 4 nitrogen and oxygen atoms in total. The predicted molar refractivity (Wildman–Crippen MR) is 70.6 cm³/mol. The minimum Gasteiger partial charge on any atom is -0.445 e. The molecule has 3 rings (SSSR count). The molecule has 0 radical (unpaired) electrons. The number of hydrogen-bond acceptors (Lipinski definition) is 4. The van der Waals surface area contributed by atoms with Crippen molar-refractivity contribution in [3.05, 3.63) is 71.8 Å². The molecule has 4 heteroatoms. The average Bonchev–Trinajstić information content (AvgIpc) is 2.51. The van der Waals surface area contributed by atoms with Gasteiger partial charge < -0.3 is 9.47 Å². The highest BCUT2D eigenvalue weighted by Gasteiger charge is 2.40. The summed E-state index contributed by atoms with van der Waals surface area (Å²) in [5.41, 5.74) is 1.59. The van der Waals surface area contributed by atoms with Crippen molar-refractivity contribution in [2.45, 2.75) is 12.2 Å². The lowest BCUT2D eigenvalue weighted by molar-refractivity contribution is -0.196. The Hall–Kier alpha value is -2.62. The van der Waals surface area contributed by atoms with Crippen molar-refractivity contribution in [1.29, 1.82) is 0 Å². The van der Waals surface area contributed by atoms with Crippen LogP contribution in [0.15, 0.2) is 60.7 Å². The highest BCUT2D eigenvalue weighted by molar-refractivity contribution is 6.30. The molecular weight excluding hydrogens is 256 g/mol. The second-order valence-electron chi connectivity index (χ2n) is 4.47. The van der Waals surface area contributed by atoms with Gasteiger partial charge in [-0.2, -0.15) is 0 Å². The molecule has 1 heterocycles. The Morgan fingerprint density at radius 2 is 0.950 bits per heavy atom. The number of carbonyl (C=O) groups is 2. The Kier molecular flexibility index (Phi) is 3.21. The molecule has 1 fully saturated rings. The molecular formula is C16H12O4. The van der Waals surface area contributed by atoms with Crippen LogP contribution in [-0.4, -0.2) is 11.9 Å². The third kappa shape index (κ3) is 2.28. The van der Waals surface area contributed by atoms with Gasteiger partial charge in [-0.15, -0.1) is 0 Å². The summed E-state index contributed by atoms with van der Waals surface area (Å²) < 4.78 is 10.5. The van der Waals surface area contributed by atoms with Gasteiger partial charge >= 0.3 is 11.9 Å². The second kappa shape index (κ2) is 5.17. The molecule has 0 amide bonds. The van der Waals surface area contributed by atoms with Crippen LogP contribution in [0.1, 0.15) is 23.3 Å². The van der Waals surface area contributed by atoms with E-state index in [1.807, 2.05) is 60.7 Å². The Morgan fingerprint density at radius 3 is 1.30 bits per heavy atom. The highest BCUT2D eigenvalue weighted by Crippen LogP contribution is 2.38. The third-order valence-corrected chi connectivity index (χ3v) is 3.17. The van der Waals surface area contributed by atoms with E-state index in [1.54, 1.807) is 0 Å². The van der Waals surface area contributed by atoms with Crippen molar-refractivity contribution in [1.82, 2.24) is 0 Å². The Morgan fingerprint density at radius 1 is 0.600 bits per heavy atom. The number of ether oxygens (including phenoxy) is 2. The second-order valence-corrected chi connectivity index (χ2v) is 4.47. The molecule has 2 aromatic carbocycles. The molecule has 100 valence electrons. The van der Waals surface area contributed by atoms with Crippen LogP contribution in [0, 0.1) is 0 Å². The van der Waals surface area contributed by atoms with Crippen molar-refractivity contribution in [3.8, 4) is 0 Å². The molecule has 0 spiro atoms. The van der Waals surface area contributed by atoms with Crippen LogP contribution in [0.2, 0.25) is 0 Å². The average molecular weight is 268 g/mol. The maximum Gasteiger partial charge on any atom is 0.418 e. The zero-order valence-electron chi connectivity index (χ0n) is 10.6. The largest absolute Gasteiger partial charge is 0.445 e. The molecule has 0 saturated carbocycles. The van der Waals surface area contributed by atoms with Crippen LogP contribution in [-0.2, 0) is 19.1 Å². The minimum atomic E-state index is -0.953. The van der Waals surface area contributed by atoms with Gasteiger partial charge in [0.25, 0.3) is 0 Å². The van der Waals surface area contributed by atoms with E-state index < -0.39 is 24.1 Å². The molecule has 0 bridgehead atoms. The van der Waals surface area contributed by atoms with Crippen LogP contribution < -0.4 is 0 Å². The molecule has 1 aliphatic rings. The Bertz CT molecular complexity index is 564. The van der Waals surface area contributed by atoms with Crippen LogP contribution >= 0.6 is 0 Å². The van der Waals surface area contributed by atoms with Gasteiger partial charge in [0, 0.05) is 0 Å². The fraction of sp³-hybridized carbons (Fsp3) is 0.125. The molecule has 1 saturated heterocycles. The summed E-state index contributed by atoms with van der Waals surface area (Å²) in [6.07, 6.45) is -1.24.